The molecule has 1 aromatic rings. The predicted octanol–water partition coefficient (Wildman–Crippen LogP) is 2.51. The normalized spacial score (nSPS) is 17.7. The highest BCUT2D eigenvalue weighted by atomic mass is 16.3. The monoisotopic (exact) mass is 205 g/mol. The quantitative estimate of drug-likeness (QED) is 0.819. The van der Waals surface area contributed by atoms with Crippen molar-refractivity contribution in [2.45, 2.75) is 26.2 Å². The Hall–Kier alpha value is -1.02. The number of phenols is 1. The minimum absolute atomic E-state index is 0.432. The first-order chi connectivity index (χ1) is 7.20. The molecule has 2 nitrogen and oxygen atoms in total. The number of phenolic OH excluding ortho intramolecular Hbond substituents is 1. The zero-order valence-corrected chi connectivity index (χ0v) is 9.53. The Bertz CT molecular complexity index is 342. The van der Waals surface area contributed by atoms with E-state index in [1.165, 1.54) is 18.5 Å². The first kappa shape index (κ1) is 10.5. The summed E-state index contributed by atoms with van der Waals surface area (Å²) in [6, 6.07) is 6.07. The number of hydrogen-bond acceptors (Lipinski definition) is 2. The van der Waals surface area contributed by atoms with E-state index < -0.39 is 0 Å². The van der Waals surface area contributed by atoms with Crippen LogP contribution in [0, 0.1) is 6.92 Å². The standard InChI is InChI=1S/C13H19NO/c1-3-6-14-8-12(9-14)11-5-4-10(2)13(15)7-11/h4-5,7,12,15H,3,6,8-9H2,1-2H3. The minimum Gasteiger partial charge on any atom is -0.508 e. The van der Waals surface area contributed by atoms with Gasteiger partial charge in [0.25, 0.3) is 0 Å². The molecule has 1 N–H and O–H groups in total. The molecule has 0 bridgehead atoms. The van der Waals surface area contributed by atoms with E-state index in [0.29, 0.717) is 11.7 Å². The van der Waals surface area contributed by atoms with Crippen LogP contribution in [-0.4, -0.2) is 29.6 Å². The second kappa shape index (κ2) is 4.23. The molecule has 1 fully saturated rings. The smallest absolute Gasteiger partial charge is 0.118 e. The molecule has 2 heteroatoms. The van der Waals surface area contributed by atoms with Gasteiger partial charge in [0.15, 0.2) is 0 Å². The molecule has 1 aliphatic heterocycles. The van der Waals surface area contributed by atoms with Crippen molar-refractivity contribution in [3.05, 3.63) is 29.3 Å². The maximum Gasteiger partial charge on any atom is 0.118 e. The number of aromatic hydroxyl groups is 1. The molecular weight excluding hydrogens is 186 g/mol. The zero-order chi connectivity index (χ0) is 10.8. The summed E-state index contributed by atoms with van der Waals surface area (Å²) < 4.78 is 0. The van der Waals surface area contributed by atoms with Gasteiger partial charge in [0.2, 0.25) is 0 Å². The van der Waals surface area contributed by atoms with Gasteiger partial charge in [0, 0.05) is 19.0 Å². The second-order valence-electron chi connectivity index (χ2n) is 4.50. The topological polar surface area (TPSA) is 23.5 Å². The van der Waals surface area contributed by atoms with Gasteiger partial charge in [0.1, 0.15) is 5.75 Å². The van der Waals surface area contributed by atoms with Crippen LogP contribution in [0.15, 0.2) is 18.2 Å². The average molecular weight is 205 g/mol. The Morgan fingerprint density at radius 3 is 2.73 bits per heavy atom. The van der Waals surface area contributed by atoms with Gasteiger partial charge in [-0.05, 0) is 37.1 Å². The van der Waals surface area contributed by atoms with Crippen molar-refractivity contribution in [3.8, 4) is 5.75 Å². The molecule has 82 valence electrons. The van der Waals surface area contributed by atoms with Gasteiger partial charge in [-0.2, -0.15) is 0 Å². The van der Waals surface area contributed by atoms with Gasteiger partial charge < -0.3 is 10.0 Å². The van der Waals surface area contributed by atoms with E-state index >= 15 is 0 Å². The lowest BCUT2D eigenvalue weighted by Crippen LogP contribution is -2.45. The van der Waals surface area contributed by atoms with Crippen LogP contribution in [0.3, 0.4) is 0 Å². The maximum absolute atomic E-state index is 9.62. The SMILES string of the molecule is CCCN1CC(c2ccc(C)c(O)c2)C1. The molecule has 0 spiro atoms. The highest BCUT2D eigenvalue weighted by Crippen LogP contribution is 2.30. The van der Waals surface area contributed by atoms with E-state index in [0.717, 1.165) is 18.7 Å². The van der Waals surface area contributed by atoms with Crippen molar-refractivity contribution >= 4 is 0 Å². The van der Waals surface area contributed by atoms with Crippen LogP contribution >= 0.6 is 0 Å². The molecule has 1 aliphatic rings. The summed E-state index contributed by atoms with van der Waals surface area (Å²) in [7, 11) is 0. The second-order valence-corrected chi connectivity index (χ2v) is 4.50. The van der Waals surface area contributed by atoms with Gasteiger partial charge in [-0.15, -0.1) is 0 Å². The highest BCUT2D eigenvalue weighted by molar-refractivity contribution is 5.37. The van der Waals surface area contributed by atoms with Crippen LogP contribution in [0.1, 0.15) is 30.4 Å². The average Bonchev–Trinajstić information content (AvgIpc) is 2.16. The molecular formula is C13H19NO. The Morgan fingerprint density at radius 1 is 1.40 bits per heavy atom. The Morgan fingerprint density at radius 2 is 2.13 bits per heavy atom. The zero-order valence-electron chi connectivity index (χ0n) is 9.53. The number of likely N-dealkylation sites (tertiary alicyclic amines) is 1. The van der Waals surface area contributed by atoms with Crippen LogP contribution in [0.5, 0.6) is 5.75 Å². The van der Waals surface area contributed by atoms with Gasteiger partial charge >= 0.3 is 0 Å². The molecule has 0 radical (unpaired) electrons. The summed E-state index contributed by atoms with van der Waals surface area (Å²) in [5.74, 6) is 1.06. The van der Waals surface area contributed by atoms with Crippen LogP contribution in [0.2, 0.25) is 0 Å². The van der Waals surface area contributed by atoms with Gasteiger partial charge in [-0.1, -0.05) is 19.1 Å². The van der Waals surface area contributed by atoms with Crippen molar-refractivity contribution in [1.82, 2.24) is 4.90 Å². The molecule has 0 aromatic heterocycles. The number of hydrogen-bond donors (Lipinski definition) is 1. The summed E-state index contributed by atoms with van der Waals surface area (Å²) in [5, 5.41) is 9.62. The van der Waals surface area contributed by atoms with E-state index in [1.54, 1.807) is 0 Å². The largest absolute Gasteiger partial charge is 0.508 e. The Kier molecular flexibility index (Phi) is 2.96. The summed E-state index contributed by atoms with van der Waals surface area (Å²) in [6.07, 6.45) is 1.23. The molecule has 0 aliphatic carbocycles. The lowest BCUT2D eigenvalue weighted by atomic mass is 9.90. The summed E-state index contributed by atoms with van der Waals surface area (Å²) >= 11 is 0. The van der Waals surface area contributed by atoms with Crippen molar-refractivity contribution < 1.29 is 5.11 Å². The molecule has 1 saturated heterocycles. The number of aryl methyl sites for hydroxylation is 1. The van der Waals surface area contributed by atoms with Crippen LogP contribution in [-0.2, 0) is 0 Å². The molecule has 1 aromatic carbocycles. The van der Waals surface area contributed by atoms with Crippen molar-refractivity contribution in [1.29, 1.82) is 0 Å². The lowest BCUT2D eigenvalue weighted by molar-refractivity contribution is 0.148. The fourth-order valence-electron chi connectivity index (χ4n) is 2.16. The summed E-state index contributed by atoms with van der Waals surface area (Å²) in [4.78, 5) is 2.46. The third kappa shape index (κ3) is 2.15. The number of nitrogens with zero attached hydrogens (tertiary/aromatic N) is 1. The number of rotatable bonds is 3. The minimum atomic E-state index is 0.432. The van der Waals surface area contributed by atoms with Crippen molar-refractivity contribution in [3.63, 3.8) is 0 Å². The maximum atomic E-state index is 9.62. The van der Waals surface area contributed by atoms with E-state index in [9.17, 15) is 5.11 Å². The summed E-state index contributed by atoms with van der Waals surface area (Å²) in [6.45, 7) is 7.65. The van der Waals surface area contributed by atoms with Gasteiger partial charge in [-0.25, -0.2) is 0 Å². The van der Waals surface area contributed by atoms with Crippen LogP contribution in [0.4, 0.5) is 0 Å². The van der Waals surface area contributed by atoms with E-state index in [2.05, 4.69) is 17.9 Å². The van der Waals surface area contributed by atoms with Crippen molar-refractivity contribution in [2.24, 2.45) is 0 Å². The third-order valence-electron chi connectivity index (χ3n) is 3.20. The number of benzene rings is 1. The fraction of sp³-hybridized carbons (Fsp3) is 0.538. The highest BCUT2D eigenvalue weighted by Gasteiger charge is 2.27. The summed E-state index contributed by atoms with van der Waals surface area (Å²) in [5.41, 5.74) is 2.24. The fourth-order valence-corrected chi connectivity index (χ4v) is 2.16. The van der Waals surface area contributed by atoms with Crippen LogP contribution < -0.4 is 0 Å². The first-order valence-electron chi connectivity index (χ1n) is 5.72. The molecule has 0 saturated carbocycles. The molecule has 0 unspecified atom stereocenters. The van der Waals surface area contributed by atoms with Crippen LogP contribution in [0.25, 0.3) is 0 Å². The third-order valence-corrected chi connectivity index (χ3v) is 3.20. The Balaban J connectivity index is 1.98. The van der Waals surface area contributed by atoms with E-state index in [4.69, 9.17) is 0 Å². The van der Waals surface area contributed by atoms with E-state index in [1.807, 2.05) is 19.1 Å². The molecule has 2 rings (SSSR count). The molecule has 1 heterocycles. The first-order valence-corrected chi connectivity index (χ1v) is 5.72. The predicted molar refractivity (Wildman–Crippen MR) is 62.3 cm³/mol. The molecule has 0 amide bonds. The Labute approximate surface area is 91.5 Å². The van der Waals surface area contributed by atoms with Gasteiger partial charge in [-0.3, -0.25) is 0 Å². The lowest BCUT2D eigenvalue weighted by Gasteiger charge is -2.39. The van der Waals surface area contributed by atoms with E-state index in [-0.39, 0.29) is 0 Å². The van der Waals surface area contributed by atoms with Crippen molar-refractivity contribution in [2.75, 3.05) is 19.6 Å². The van der Waals surface area contributed by atoms with Gasteiger partial charge in [0.05, 0.1) is 0 Å². The molecule has 0 atom stereocenters. The molecule has 15 heavy (non-hydrogen) atoms.